The average molecular weight is 242 g/mol. The van der Waals surface area contributed by atoms with Gasteiger partial charge in [0.25, 0.3) is 0 Å². The van der Waals surface area contributed by atoms with Crippen molar-refractivity contribution in [2.75, 3.05) is 0 Å². The molecule has 0 heterocycles. The first-order valence-corrected chi connectivity index (χ1v) is 5.95. The summed E-state index contributed by atoms with van der Waals surface area (Å²) in [5.41, 5.74) is -1.00. The highest BCUT2D eigenvalue weighted by Gasteiger charge is 2.51. The number of carbonyl (C=O) groups excluding carboxylic acids is 2. The van der Waals surface area contributed by atoms with E-state index in [0.29, 0.717) is 6.42 Å². The van der Waals surface area contributed by atoms with Crippen LogP contribution < -0.4 is 0 Å². The monoisotopic (exact) mass is 242 g/mol. The van der Waals surface area contributed by atoms with Gasteiger partial charge in [0.2, 0.25) is 0 Å². The van der Waals surface area contributed by atoms with Gasteiger partial charge < -0.3 is 9.47 Å². The van der Waals surface area contributed by atoms with Crippen molar-refractivity contribution in [3.05, 3.63) is 0 Å². The minimum Gasteiger partial charge on any atom is -0.460 e. The molecule has 4 nitrogen and oxygen atoms in total. The molecule has 17 heavy (non-hydrogen) atoms. The highest BCUT2D eigenvalue weighted by molar-refractivity contribution is 5.87. The third kappa shape index (κ3) is 4.75. The van der Waals surface area contributed by atoms with Crippen molar-refractivity contribution < 1.29 is 19.1 Å². The Morgan fingerprint density at radius 1 is 0.824 bits per heavy atom. The Morgan fingerprint density at radius 2 is 1.12 bits per heavy atom. The normalized spacial score (nSPS) is 24.1. The summed E-state index contributed by atoms with van der Waals surface area (Å²) in [6.45, 7) is 10.9. The van der Waals surface area contributed by atoms with Crippen molar-refractivity contribution in [3.63, 3.8) is 0 Å². The Hall–Kier alpha value is -1.06. The summed E-state index contributed by atoms with van der Waals surface area (Å²) < 4.78 is 10.5. The maximum absolute atomic E-state index is 11.7. The zero-order valence-corrected chi connectivity index (χ0v) is 11.5. The molecule has 0 aromatic carbocycles. The van der Waals surface area contributed by atoms with Crippen molar-refractivity contribution >= 4 is 11.9 Å². The molecule has 0 spiro atoms. The molecule has 2 unspecified atom stereocenters. The van der Waals surface area contributed by atoms with Crippen LogP contribution in [0.15, 0.2) is 0 Å². The molecule has 0 bridgehead atoms. The fourth-order valence-corrected chi connectivity index (χ4v) is 1.47. The van der Waals surface area contributed by atoms with Gasteiger partial charge in [-0.25, -0.2) is 0 Å². The number of esters is 2. The summed E-state index contributed by atoms with van der Waals surface area (Å²) in [6, 6.07) is 0. The third-order valence-electron chi connectivity index (χ3n) is 2.21. The van der Waals surface area contributed by atoms with Crippen LogP contribution in [0.1, 0.15) is 48.0 Å². The number of hydrogen-bond acceptors (Lipinski definition) is 4. The van der Waals surface area contributed by atoms with Gasteiger partial charge in [-0.05, 0) is 48.0 Å². The van der Waals surface area contributed by atoms with Gasteiger partial charge in [-0.15, -0.1) is 0 Å². The molecule has 0 saturated heterocycles. The second-order valence-corrected chi connectivity index (χ2v) is 6.52. The van der Waals surface area contributed by atoms with Gasteiger partial charge in [0.1, 0.15) is 11.2 Å². The van der Waals surface area contributed by atoms with Gasteiger partial charge in [-0.2, -0.15) is 0 Å². The lowest BCUT2D eigenvalue weighted by molar-refractivity contribution is -0.163. The Balaban J connectivity index is 2.44. The first kappa shape index (κ1) is 14.0. The van der Waals surface area contributed by atoms with Crippen LogP contribution in [0, 0.1) is 11.8 Å². The van der Waals surface area contributed by atoms with Crippen LogP contribution in [0.25, 0.3) is 0 Å². The summed E-state index contributed by atoms with van der Waals surface area (Å²) in [5.74, 6) is -1.23. The molecule has 1 aliphatic carbocycles. The molecule has 1 fully saturated rings. The molecule has 0 amide bonds. The van der Waals surface area contributed by atoms with Crippen LogP contribution in [0.3, 0.4) is 0 Å². The van der Waals surface area contributed by atoms with Gasteiger partial charge >= 0.3 is 11.9 Å². The quantitative estimate of drug-likeness (QED) is 0.697. The lowest BCUT2D eigenvalue weighted by Gasteiger charge is -2.21. The standard InChI is InChI=1S/C13H22O4/c1-12(2,3)16-10(14)8-7-9(8)11(15)17-13(4,5)6/h8-9H,7H2,1-6H3. The van der Waals surface area contributed by atoms with Gasteiger partial charge in [0, 0.05) is 0 Å². The lowest BCUT2D eigenvalue weighted by atomic mass is 10.2. The summed E-state index contributed by atoms with van der Waals surface area (Å²) in [7, 11) is 0. The predicted molar refractivity (Wildman–Crippen MR) is 63.3 cm³/mol. The second-order valence-electron chi connectivity index (χ2n) is 6.52. The molecule has 98 valence electrons. The molecule has 4 heteroatoms. The Labute approximate surface area is 103 Å². The van der Waals surface area contributed by atoms with E-state index in [-0.39, 0.29) is 23.8 Å². The second kappa shape index (κ2) is 4.31. The molecule has 0 radical (unpaired) electrons. The summed E-state index contributed by atoms with van der Waals surface area (Å²) in [6.07, 6.45) is 0.545. The first-order chi connectivity index (χ1) is 7.49. The average Bonchev–Trinajstić information content (AvgIpc) is 2.74. The minimum atomic E-state index is -0.502. The van der Waals surface area contributed by atoms with Crippen molar-refractivity contribution in [3.8, 4) is 0 Å². The molecular weight excluding hydrogens is 220 g/mol. The van der Waals surface area contributed by atoms with E-state index in [1.54, 1.807) is 0 Å². The predicted octanol–water partition coefficient (Wildman–Crippen LogP) is 2.31. The number of rotatable bonds is 2. The number of ether oxygens (including phenoxy) is 2. The van der Waals surface area contributed by atoms with E-state index in [1.165, 1.54) is 0 Å². The van der Waals surface area contributed by atoms with Crippen LogP contribution in [0.2, 0.25) is 0 Å². The van der Waals surface area contributed by atoms with E-state index in [4.69, 9.17) is 9.47 Å². The minimum absolute atomic E-state index is 0.298. The Kier molecular flexibility index (Phi) is 3.55. The Morgan fingerprint density at radius 3 is 1.35 bits per heavy atom. The van der Waals surface area contributed by atoms with Gasteiger partial charge in [0.15, 0.2) is 0 Å². The summed E-state index contributed by atoms with van der Waals surface area (Å²) in [4.78, 5) is 23.3. The van der Waals surface area contributed by atoms with Crippen molar-refractivity contribution in [2.45, 2.75) is 59.2 Å². The van der Waals surface area contributed by atoms with Gasteiger partial charge in [0.05, 0.1) is 11.8 Å². The van der Waals surface area contributed by atoms with Crippen LogP contribution in [0.4, 0.5) is 0 Å². The van der Waals surface area contributed by atoms with Crippen LogP contribution >= 0.6 is 0 Å². The smallest absolute Gasteiger partial charge is 0.310 e. The highest BCUT2D eigenvalue weighted by Crippen LogP contribution is 2.41. The van der Waals surface area contributed by atoms with Gasteiger partial charge in [-0.1, -0.05) is 0 Å². The molecule has 1 rings (SSSR count). The fourth-order valence-electron chi connectivity index (χ4n) is 1.47. The van der Waals surface area contributed by atoms with Crippen molar-refractivity contribution in [2.24, 2.45) is 11.8 Å². The molecule has 1 saturated carbocycles. The number of hydrogen-bond donors (Lipinski definition) is 0. The van der Waals surface area contributed by atoms with Crippen LogP contribution in [-0.4, -0.2) is 23.1 Å². The van der Waals surface area contributed by atoms with E-state index in [9.17, 15) is 9.59 Å². The van der Waals surface area contributed by atoms with E-state index < -0.39 is 11.2 Å². The first-order valence-electron chi connectivity index (χ1n) is 5.95. The van der Waals surface area contributed by atoms with Crippen molar-refractivity contribution in [1.29, 1.82) is 0 Å². The summed E-state index contributed by atoms with van der Waals surface area (Å²) >= 11 is 0. The third-order valence-corrected chi connectivity index (χ3v) is 2.21. The molecule has 0 aliphatic heterocycles. The van der Waals surface area contributed by atoms with E-state index >= 15 is 0 Å². The topological polar surface area (TPSA) is 52.6 Å². The van der Waals surface area contributed by atoms with E-state index in [1.807, 2.05) is 41.5 Å². The largest absolute Gasteiger partial charge is 0.460 e. The zero-order valence-electron chi connectivity index (χ0n) is 11.5. The zero-order chi connectivity index (χ0) is 13.4. The Bertz CT molecular complexity index is 287. The van der Waals surface area contributed by atoms with Crippen LogP contribution in [0.5, 0.6) is 0 Å². The molecule has 0 N–H and O–H groups in total. The van der Waals surface area contributed by atoms with Gasteiger partial charge in [-0.3, -0.25) is 9.59 Å². The van der Waals surface area contributed by atoms with E-state index in [0.717, 1.165) is 0 Å². The molecular formula is C13H22O4. The molecule has 1 aliphatic rings. The number of carbonyl (C=O) groups is 2. The summed E-state index contributed by atoms with van der Waals surface area (Å²) in [5, 5.41) is 0. The maximum Gasteiger partial charge on any atom is 0.310 e. The molecule has 0 aromatic rings. The van der Waals surface area contributed by atoms with Crippen molar-refractivity contribution in [1.82, 2.24) is 0 Å². The fraction of sp³-hybridized carbons (Fsp3) is 0.846. The highest BCUT2D eigenvalue weighted by atomic mass is 16.6. The lowest BCUT2D eigenvalue weighted by Crippen LogP contribution is -2.28. The molecule has 2 atom stereocenters. The SMILES string of the molecule is CC(C)(C)OC(=O)C1CC1C(=O)OC(C)(C)C. The van der Waals surface area contributed by atoms with E-state index in [2.05, 4.69) is 0 Å². The maximum atomic E-state index is 11.7. The van der Waals surface area contributed by atoms with Crippen LogP contribution in [-0.2, 0) is 19.1 Å². The molecule has 0 aromatic heterocycles.